The molecular weight excluding hydrogens is 357 g/mol. The van der Waals surface area contributed by atoms with E-state index < -0.39 is 5.91 Å². The Morgan fingerprint density at radius 2 is 1.83 bits per heavy atom. The maximum atomic E-state index is 11.7. The van der Waals surface area contributed by atoms with Crippen molar-refractivity contribution < 1.29 is 14.3 Å². The number of carbonyl (C=O) groups is 2. The van der Waals surface area contributed by atoms with Gasteiger partial charge in [0, 0.05) is 10.6 Å². The number of halogens is 2. The van der Waals surface area contributed by atoms with E-state index in [4.69, 9.17) is 27.9 Å². The van der Waals surface area contributed by atoms with Gasteiger partial charge in [-0.2, -0.15) is 0 Å². The Morgan fingerprint density at radius 3 is 2.52 bits per heavy atom. The zero-order valence-corrected chi connectivity index (χ0v) is 13.8. The van der Waals surface area contributed by atoms with Crippen molar-refractivity contribution in [1.29, 1.82) is 0 Å². The topological polar surface area (TPSA) is 55.4 Å². The van der Waals surface area contributed by atoms with Gasteiger partial charge in [-0.25, -0.2) is 0 Å². The Hall–Kier alpha value is -1.95. The molecule has 0 aliphatic carbocycles. The van der Waals surface area contributed by atoms with E-state index in [9.17, 15) is 9.59 Å². The fourth-order valence-corrected chi connectivity index (χ4v) is 3.05. The molecule has 1 fully saturated rings. The van der Waals surface area contributed by atoms with Crippen molar-refractivity contribution in [3.05, 3.63) is 63.0 Å². The molecule has 0 radical (unpaired) electrons. The lowest BCUT2D eigenvalue weighted by molar-refractivity contribution is -0.115. The first-order valence-electron chi connectivity index (χ1n) is 6.50. The van der Waals surface area contributed by atoms with Crippen molar-refractivity contribution in [1.82, 2.24) is 5.32 Å². The molecular formula is C16H9Cl2NO3S. The second kappa shape index (κ2) is 6.66. The molecule has 0 saturated carbocycles. The van der Waals surface area contributed by atoms with Crippen molar-refractivity contribution in [2.24, 2.45) is 0 Å². The summed E-state index contributed by atoms with van der Waals surface area (Å²) in [5.74, 6) is 0.540. The predicted molar refractivity (Wildman–Crippen MR) is 92.1 cm³/mol. The van der Waals surface area contributed by atoms with Crippen LogP contribution in [0.3, 0.4) is 0 Å². The van der Waals surface area contributed by atoms with E-state index in [-0.39, 0.29) is 5.24 Å². The molecule has 0 atom stereocenters. The number of carbonyl (C=O) groups excluding carboxylic acids is 2. The summed E-state index contributed by atoms with van der Waals surface area (Å²) in [6, 6.07) is 12.0. The molecule has 116 valence electrons. The lowest BCUT2D eigenvalue weighted by Gasteiger charge is -2.10. The highest BCUT2D eigenvalue weighted by Crippen LogP contribution is 2.35. The lowest BCUT2D eigenvalue weighted by Crippen LogP contribution is -2.17. The molecule has 2 aromatic rings. The summed E-state index contributed by atoms with van der Waals surface area (Å²) in [7, 11) is 0. The Bertz CT molecular complexity index is 836. The Morgan fingerprint density at radius 1 is 1.04 bits per heavy atom. The van der Waals surface area contributed by atoms with Crippen LogP contribution in [0.5, 0.6) is 11.5 Å². The van der Waals surface area contributed by atoms with Crippen molar-refractivity contribution in [3.8, 4) is 11.5 Å². The number of hydrogen-bond acceptors (Lipinski definition) is 4. The number of thioether (sulfide) groups is 1. The second-order valence-electron chi connectivity index (χ2n) is 4.57. The quantitative estimate of drug-likeness (QED) is 0.767. The number of hydrogen-bond donors (Lipinski definition) is 1. The second-order valence-corrected chi connectivity index (χ2v) is 6.43. The highest BCUT2D eigenvalue weighted by Gasteiger charge is 2.25. The summed E-state index contributed by atoms with van der Waals surface area (Å²) in [5, 5.41) is 2.71. The van der Waals surface area contributed by atoms with Crippen LogP contribution in [0, 0.1) is 0 Å². The molecule has 0 unspecified atom stereocenters. The molecule has 0 aromatic heterocycles. The van der Waals surface area contributed by atoms with Crippen LogP contribution in [0.4, 0.5) is 4.79 Å². The van der Waals surface area contributed by atoms with Gasteiger partial charge >= 0.3 is 0 Å². The first-order valence-corrected chi connectivity index (χ1v) is 8.07. The molecule has 0 bridgehead atoms. The summed E-state index contributed by atoms with van der Waals surface area (Å²) in [5.41, 5.74) is 0.658. The van der Waals surface area contributed by atoms with Crippen LogP contribution < -0.4 is 10.1 Å². The SMILES string of the molecule is O=C1NC(=O)C(=Cc2ccccc2Oc2ccc(Cl)cc2Cl)S1. The number of imide groups is 1. The van der Waals surface area contributed by atoms with Gasteiger partial charge in [0.05, 0.1) is 9.93 Å². The van der Waals surface area contributed by atoms with Crippen LogP contribution >= 0.6 is 35.0 Å². The number of ether oxygens (including phenoxy) is 1. The molecule has 1 aliphatic heterocycles. The minimum absolute atomic E-state index is 0.313. The van der Waals surface area contributed by atoms with Crippen LogP contribution in [0.25, 0.3) is 6.08 Å². The molecule has 4 nitrogen and oxygen atoms in total. The largest absolute Gasteiger partial charge is 0.455 e. The van der Waals surface area contributed by atoms with E-state index in [1.165, 1.54) is 0 Å². The summed E-state index contributed by atoms with van der Waals surface area (Å²) in [4.78, 5) is 23.2. The van der Waals surface area contributed by atoms with E-state index >= 15 is 0 Å². The highest BCUT2D eigenvalue weighted by molar-refractivity contribution is 8.18. The van der Waals surface area contributed by atoms with Crippen LogP contribution in [-0.2, 0) is 4.79 Å². The Balaban J connectivity index is 1.94. The zero-order valence-electron chi connectivity index (χ0n) is 11.5. The molecule has 1 aliphatic rings. The van der Waals surface area contributed by atoms with Gasteiger partial charge in [0.25, 0.3) is 11.1 Å². The predicted octanol–water partition coefficient (Wildman–Crippen LogP) is 5.11. The van der Waals surface area contributed by atoms with Crippen LogP contribution in [0.2, 0.25) is 10.0 Å². The van der Waals surface area contributed by atoms with Gasteiger partial charge < -0.3 is 4.74 Å². The number of nitrogens with one attached hydrogen (secondary N) is 1. The van der Waals surface area contributed by atoms with E-state index in [0.717, 1.165) is 11.8 Å². The molecule has 1 heterocycles. The summed E-state index contributed by atoms with van der Waals surface area (Å²) in [6.07, 6.45) is 1.60. The van der Waals surface area contributed by atoms with E-state index in [2.05, 4.69) is 5.32 Å². The maximum Gasteiger partial charge on any atom is 0.290 e. The van der Waals surface area contributed by atoms with Gasteiger partial charge in [0.2, 0.25) is 0 Å². The molecule has 23 heavy (non-hydrogen) atoms. The summed E-state index contributed by atoms with van der Waals surface area (Å²) >= 11 is 12.8. The zero-order chi connectivity index (χ0) is 16.4. The summed E-state index contributed by atoms with van der Waals surface area (Å²) in [6.45, 7) is 0. The third kappa shape index (κ3) is 3.69. The van der Waals surface area contributed by atoms with E-state index in [1.54, 1.807) is 42.5 Å². The number of amides is 2. The average molecular weight is 366 g/mol. The van der Waals surface area contributed by atoms with Crippen LogP contribution in [0.15, 0.2) is 47.4 Å². The fraction of sp³-hybridized carbons (Fsp3) is 0. The Kier molecular flexibility index (Phi) is 4.61. The standard InChI is InChI=1S/C16H9Cl2NO3S/c17-10-5-6-13(11(18)8-10)22-12-4-2-1-3-9(12)7-14-15(20)19-16(21)23-14/h1-8H,(H,19,20,21). The van der Waals surface area contributed by atoms with Crippen molar-refractivity contribution in [3.63, 3.8) is 0 Å². The molecule has 0 spiro atoms. The van der Waals surface area contributed by atoms with Gasteiger partial charge in [0.1, 0.15) is 11.5 Å². The third-order valence-corrected chi connectivity index (χ3v) is 4.30. The molecule has 2 amide bonds. The number of para-hydroxylation sites is 1. The first kappa shape index (κ1) is 15.9. The fourth-order valence-electron chi connectivity index (χ4n) is 1.93. The number of rotatable bonds is 3. The van der Waals surface area contributed by atoms with Crippen LogP contribution in [-0.4, -0.2) is 11.1 Å². The molecule has 3 rings (SSSR count). The van der Waals surface area contributed by atoms with E-state index in [1.807, 2.05) is 6.07 Å². The monoisotopic (exact) mass is 365 g/mol. The molecule has 7 heteroatoms. The maximum absolute atomic E-state index is 11.7. The van der Waals surface area contributed by atoms with Gasteiger partial charge in [0.15, 0.2) is 0 Å². The summed E-state index contributed by atoms with van der Waals surface area (Å²) < 4.78 is 5.81. The van der Waals surface area contributed by atoms with Crippen molar-refractivity contribution in [2.45, 2.75) is 0 Å². The third-order valence-electron chi connectivity index (χ3n) is 2.96. The van der Waals surface area contributed by atoms with Gasteiger partial charge in [-0.1, -0.05) is 41.4 Å². The Labute approximate surface area is 146 Å². The van der Waals surface area contributed by atoms with Crippen molar-refractivity contribution in [2.75, 3.05) is 0 Å². The van der Waals surface area contributed by atoms with Gasteiger partial charge in [-0.15, -0.1) is 0 Å². The van der Waals surface area contributed by atoms with Gasteiger partial charge in [-0.05, 0) is 42.1 Å². The molecule has 1 N–H and O–H groups in total. The molecule has 1 saturated heterocycles. The minimum atomic E-state index is -0.417. The first-order chi connectivity index (χ1) is 11.0. The average Bonchev–Trinajstić information content (AvgIpc) is 2.82. The smallest absolute Gasteiger partial charge is 0.290 e. The lowest BCUT2D eigenvalue weighted by atomic mass is 10.2. The number of benzene rings is 2. The normalized spacial score (nSPS) is 15.8. The van der Waals surface area contributed by atoms with Gasteiger partial charge in [-0.3, -0.25) is 14.9 Å². The minimum Gasteiger partial charge on any atom is -0.455 e. The van der Waals surface area contributed by atoms with Crippen LogP contribution in [0.1, 0.15) is 5.56 Å². The van der Waals surface area contributed by atoms with Crippen molar-refractivity contribution >= 4 is 52.2 Å². The molecule has 2 aromatic carbocycles. The van der Waals surface area contributed by atoms with E-state index in [0.29, 0.717) is 32.0 Å². The highest BCUT2D eigenvalue weighted by atomic mass is 35.5.